The largest absolute Gasteiger partial charge is 0.508 e. The lowest BCUT2D eigenvalue weighted by molar-refractivity contribution is 0.107. The number of alkyl halides is 1. The van der Waals surface area contributed by atoms with Crippen LogP contribution in [-0.2, 0) is 19.4 Å². The van der Waals surface area contributed by atoms with Gasteiger partial charge in [-0.15, -0.1) is 0 Å². The van der Waals surface area contributed by atoms with E-state index < -0.39 is 6.17 Å². The molecule has 0 amide bonds. The normalized spacial score (nSPS) is 26.0. The zero-order chi connectivity index (χ0) is 29.7. The third kappa shape index (κ3) is 5.26. The van der Waals surface area contributed by atoms with Crippen LogP contribution < -0.4 is 14.5 Å². The van der Waals surface area contributed by atoms with Gasteiger partial charge in [-0.2, -0.15) is 9.97 Å². The highest BCUT2D eigenvalue weighted by Gasteiger charge is 2.49. The van der Waals surface area contributed by atoms with Crippen LogP contribution in [0.1, 0.15) is 62.3 Å². The molecule has 4 aliphatic heterocycles. The first kappa shape index (κ1) is 28.5. The topological polar surface area (TPSA) is 85.2 Å². The molecule has 2 N–H and O–H groups in total. The summed E-state index contributed by atoms with van der Waals surface area (Å²) in [7, 11) is 0. The standard InChI is InChI=1S/C33H41F2N5O3/c1-2-25-27(35)7-6-21-15-24(42)16-29(30(21)25)39-14-9-26-28(19-39)36-32(37-31(26)38-11-3-5-23(41)8-13-38)43-20-33-10-4-12-40(33)18-22(34)17-33/h6-7,15-16,22-23,41-42H,2-5,8-14,17-20H2,1H3/t22-,23?,33+/m1/s1. The summed E-state index contributed by atoms with van der Waals surface area (Å²) in [4.78, 5) is 16.5. The van der Waals surface area contributed by atoms with Crippen molar-refractivity contribution in [1.29, 1.82) is 0 Å². The molecule has 8 nitrogen and oxygen atoms in total. The monoisotopic (exact) mass is 593 g/mol. The number of aryl methyl sites for hydroxylation is 1. The first-order valence-corrected chi connectivity index (χ1v) is 15.9. The zero-order valence-corrected chi connectivity index (χ0v) is 24.9. The minimum Gasteiger partial charge on any atom is -0.508 e. The van der Waals surface area contributed by atoms with Crippen molar-refractivity contribution in [1.82, 2.24) is 14.9 Å². The molecule has 3 fully saturated rings. The molecule has 230 valence electrons. The van der Waals surface area contributed by atoms with Gasteiger partial charge in [0.1, 0.15) is 30.2 Å². The van der Waals surface area contributed by atoms with E-state index >= 15 is 0 Å². The van der Waals surface area contributed by atoms with E-state index in [9.17, 15) is 19.0 Å². The summed E-state index contributed by atoms with van der Waals surface area (Å²) in [5, 5.41) is 22.6. The Morgan fingerprint density at radius 2 is 1.95 bits per heavy atom. The van der Waals surface area contributed by atoms with Crippen molar-refractivity contribution in [2.24, 2.45) is 0 Å². The first-order valence-electron chi connectivity index (χ1n) is 15.9. The Kier molecular flexibility index (Phi) is 7.53. The Bertz CT molecular complexity index is 1520. The zero-order valence-electron chi connectivity index (χ0n) is 24.9. The summed E-state index contributed by atoms with van der Waals surface area (Å²) in [6, 6.07) is 6.90. The van der Waals surface area contributed by atoms with E-state index in [2.05, 4.69) is 14.7 Å². The quantitative estimate of drug-likeness (QED) is 0.418. The van der Waals surface area contributed by atoms with Crippen LogP contribution in [0.15, 0.2) is 24.3 Å². The molecule has 0 bridgehead atoms. The Labute approximate surface area is 251 Å². The van der Waals surface area contributed by atoms with Crippen molar-refractivity contribution in [3.8, 4) is 11.8 Å². The molecule has 0 radical (unpaired) electrons. The molecule has 3 saturated heterocycles. The number of aromatic nitrogens is 2. The molecule has 10 heteroatoms. The number of nitrogens with zero attached hydrogens (tertiary/aromatic N) is 5. The third-order valence-electron chi connectivity index (χ3n) is 10.1. The average molecular weight is 594 g/mol. The highest BCUT2D eigenvalue weighted by Crippen LogP contribution is 2.42. The predicted molar refractivity (Wildman–Crippen MR) is 162 cm³/mol. The van der Waals surface area contributed by atoms with Gasteiger partial charge >= 0.3 is 6.01 Å². The van der Waals surface area contributed by atoms with Crippen molar-refractivity contribution in [2.75, 3.05) is 49.1 Å². The summed E-state index contributed by atoms with van der Waals surface area (Å²) >= 11 is 0. The molecular formula is C33H41F2N5O3. The van der Waals surface area contributed by atoms with E-state index in [0.29, 0.717) is 70.0 Å². The molecule has 0 saturated carbocycles. The van der Waals surface area contributed by atoms with E-state index in [4.69, 9.17) is 14.7 Å². The molecule has 1 unspecified atom stereocenters. The molecule has 3 aromatic rings. The number of halogens is 2. The fraction of sp³-hybridized carbons (Fsp3) is 0.576. The van der Waals surface area contributed by atoms with E-state index in [1.807, 2.05) is 6.92 Å². The second-order valence-corrected chi connectivity index (χ2v) is 12.8. The van der Waals surface area contributed by atoms with Crippen molar-refractivity contribution in [2.45, 2.75) is 82.6 Å². The number of rotatable bonds is 6. The molecule has 5 heterocycles. The van der Waals surface area contributed by atoms with Crippen molar-refractivity contribution < 1.29 is 23.7 Å². The smallest absolute Gasteiger partial charge is 0.318 e. The van der Waals surface area contributed by atoms with Crippen LogP contribution in [0.4, 0.5) is 20.3 Å². The predicted octanol–water partition coefficient (Wildman–Crippen LogP) is 4.91. The molecule has 1 aromatic heterocycles. The lowest BCUT2D eigenvalue weighted by Crippen LogP contribution is -2.43. The van der Waals surface area contributed by atoms with Crippen LogP contribution in [-0.4, -0.2) is 82.2 Å². The Hall–Kier alpha value is -3.24. The fourth-order valence-electron chi connectivity index (χ4n) is 7.93. The SMILES string of the molecule is CCc1c(F)ccc2cc(O)cc(N3CCc4c(nc(OC[C@@]56CCCN5C[C@H](F)C6)nc4N4CCCC(O)CC4)C3)c12. The molecule has 0 spiro atoms. The van der Waals surface area contributed by atoms with Gasteiger partial charge in [-0.1, -0.05) is 13.0 Å². The van der Waals surface area contributed by atoms with Crippen LogP contribution in [0.3, 0.4) is 0 Å². The number of fused-ring (bicyclic) bond motifs is 3. The van der Waals surface area contributed by atoms with Gasteiger partial charge in [0, 0.05) is 55.3 Å². The summed E-state index contributed by atoms with van der Waals surface area (Å²) in [5.41, 5.74) is 3.03. The van der Waals surface area contributed by atoms with Crippen molar-refractivity contribution in [3.63, 3.8) is 0 Å². The molecule has 43 heavy (non-hydrogen) atoms. The number of aliphatic hydroxyl groups is 1. The number of phenols is 1. The van der Waals surface area contributed by atoms with Crippen LogP contribution in [0.2, 0.25) is 0 Å². The van der Waals surface area contributed by atoms with Crippen molar-refractivity contribution in [3.05, 3.63) is 46.9 Å². The number of ether oxygens (including phenoxy) is 1. The maximum atomic E-state index is 14.9. The van der Waals surface area contributed by atoms with Crippen LogP contribution >= 0.6 is 0 Å². The highest BCUT2D eigenvalue weighted by molar-refractivity contribution is 5.98. The van der Waals surface area contributed by atoms with Gasteiger partial charge in [0.15, 0.2) is 0 Å². The fourth-order valence-corrected chi connectivity index (χ4v) is 7.93. The maximum absolute atomic E-state index is 14.9. The van der Waals surface area contributed by atoms with Gasteiger partial charge in [-0.05, 0) is 74.6 Å². The number of phenolic OH excluding ortho intramolecular Hbond substituents is 1. The van der Waals surface area contributed by atoms with Gasteiger partial charge in [-0.3, -0.25) is 4.90 Å². The second kappa shape index (κ2) is 11.4. The van der Waals surface area contributed by atoms with E-state index in [0.717, 1.165) is 72.3 Å². The Balaban J connectivity index is 1.25. The van der Waals surface area contributed by atoms with Crippen LogP contribution in [0.25, 0.3) is 10.8 Å². The summed E-state index contributed by atoms with van der Waals surface area (Å²) in [6.07, 6.45) is 4.80. The van der Waals surface area contributed by atoms with Gasteiger partial charge in [0.05, 0.1) is 23.9 Å². The number of aromatic hydroxyl groups is 1. The third-order valence-corrected chi connectivity index (χ3v) is 10.1. The molecule has 2 aromatic carbocycles. The number of anilines is 2. The summed E-state index contributed by atoms with van der Waals surface area (Å²) in [5.74, 6) is 0.747. The van der Waals surface area contributed by atoms with E-state index in [-0.39, 0.29) is 23.2 Å². The first-order chi connectivity index (χ1) is 20.8. The van der Waals surface area contributed by atoms with Crippen molar-refractivity contribution >= 4 is 22.3 Å². The number of hydrogen-bond donors (Lipinski definition) is 2. The maximum Gasteiger partial charge on any atom is 0.318 e. The molecular weight excluding hydrogens is 552 g/mol. The summed E-state index contributed by atoms with van der Waals surface area (Å²) < 4.78 is 35.7. The van der Waals surface area contributed by atoms with Gasteiger partial charge in [0.25, 0.3) is 0 Å². The van der Waals surface area contributed by atoms with Gasteiger partial charge < -0.3 is 24.7 Å². The molecule has 3 atom stereocenters. The number of hydrogen-bond acceptors (Lipinski definition) is 8. The summed E-state index contributed by atoms with van der Waals surface area (Å²) in [6.45, 7) is 6.26. The van der Waals surface area contributed by atoms with Gasteiger partial charge in [0.2, 0.25) is 0 Å². The molecule has 0 aliphatic carbocycles. The minimum atomic E-state index is -0.837. The Morgan fingerprint density at radius 1 is 1.07 bits per heavy atom. The number of aliphatic hydroxyl groups excluding tert-OH is 1. The highest BCUT2D eigenvalue weighted by atomic mass is 19.1. The van der Waals surface area contributed by atoms with E-state index in [1.54, 1.807) is 18.2 Å². The minimum absolute atomic E-state index is 0.139. The van der Waals surface area contributed by atoms with Crippen LogP contribution in [0.5, 0.6) is 11.8 Å². The van der Waals surface area contributed by atoms with E-state index in [1.165, 1.54) is 6.07 Å². The molecule has 7 rings (SSSR count). The average Bonchev–Trinajstić information content (AvgIpc) is 3.43. The second-order valence-electron chi connectivity index (χ2n) is 12.8. The lowest BCUT2D eigenvalue weighted by Gasteiger charge is -2.35. The number of benzene rings is 2. The van der Waals surface area contributed by atoms with Gasteiger partial charge in [-0.25, -0.2) is 8.78 Å². The molecule has 4 aliphatic rings. The van der Waals surface area contributed by atoms with Crippen LogP contribution in [0, 0.1) is 5.82 Å². The Morgan fingerprint density at radius 3 is 2.81 bits per heavy atom. The lowest BCUT2D eigenvalue weighted by atomic mass is 9.95.